The Balaban J connectivity index is 2.29. The molecule has 2 rings (SSSR count). The van der Waals surface area contributed by atoms with Crippen molar-refractivity contribution in [2.75, 3.05) is 12.8 Å². The molecule has 0 unspecified atom stereocenters. The Morgan fingerprint density at radius 2 is 1.76 bits per heavy atom. The standard InChI is InChI=1S/C14H14Cl2N2O2S/c1-18(9-10-6-7-11(15)12(16)8-10)21(19,20)14-5-3-2-4-13(14)17/h2-8H,9,17H2,1H3. The normalized spacial score (nSPS) is 11.8. The first-order chi connectivity index (χ1) is 9.82. The average Bonchev–Trinajstić information content (AvgIpc) is 2.43. The summed E-state index contributed by atoms with van der Waals surface area (Å²) in [6.45, 7) is 0.174. The van der Waals surface area contributed by atoms with Crippen molar-refractivity contribution >= 4 is 38.9 Å². The number of hydrogen-bond donors (Lipinski definition) is 1. The first kappa shape index (κ1) is 16.1. The molecule has 2 aromatic rings. The van der Waals surface area contributed by atoms with Crippen LogP contribution in [0.3, 0.4) is 0 Å². The van der Waals surface area contributed by atoms with Gasteiger partial charge in [0.2, 0.25) is 10.0 Å². The van der Waals surface area contributed by atoms with Crippen molar-refractivity contribution in [3.05, 3.63) is 58.1 Å². The van der Waals surface area contributed by atoms with Gasteiger partial charge in [-0.1, -0.05) is 41.4 Å². The Kier molecular flexibility index (Phi) is 4.78. The van der Waals surface area contributed by atoms with Crippen LogP contribution < -0.4 is 5.73 Å². The zero-order valence-corrected chi connectivity index (χ0v) is 13.6. The molecule has 0 heterocycles. The van der Waals surface area contributed by atoms with Crippen LogP contribution in [0.2, 0.25) is 10.0 Å². The molecule has 0 bridgehead atoms. The number of nitrogen functional groups attached to an aromatic ring is 1. The summed E-state index contributed by atoms with van der Waals surface area (Å²) in [5.41, 5.74) is 6.70. The van der Waals surface area contributed by atoms with E-state index in [1.54, 1.807) is 36.4 Å². The fraction of sp³-hybridized carbons (Fsp3) is 0.143. The second-order valence-corrected chi connectivity index (χ2v) is 7.38. The number of nitrogens with zero attached hydrogens (tertiary/aromatic N) is 1. The van der Waals surface area contributed by atoms with Gasteiger partial charge in [0.25, 0.3) is 0 Å². The van der Waals surface area contributed by atoms with Gasteiger partial charge in [0.15, 0.2) is 0 Å². The number of halogens is 2. The second kappa shape index (κ2) is 6.23. The summed E-state index contributed by atoms with van der Waals surface area (Å²) in [4.78, 5) is 0.0903. The Bertz CT molecular complexity index is 763. The average molecular weight is 345 g/mol. The highest BCUT2D eigenvalue weighted by molar-refractivity contribution is 7.89. The van der Waals surface area contributed by atoms with Gasteiger partial charge in [-0.05, 0) is 29.8 Å². The van der Waals surface area contributed by atoms with Crippen molar-refractivity contribution in [2.45, 2.75) is 11.4 Å². The number of nitrogens with two attached hydrogens (primary N) is 1. The highest BCUT2D eigenvalue weighted by Crippen LogP contribution is 2.25. The lowest BCUT2D eigenvalue weighted by Gasteiger charge is -2.18. The highest BCUT2D eigenvalue weighted by atomic mass is 35.5. The molecular formula is C14H14Cl2N2O2S. The van der Waals surface area contributed by atoms with E-state index < -0.39 is 10.0 Å². The van der Waals surface area contributed by atoms with Crippen molar-refractivity contribution in [1.82, 2.24) is 4.31 Å². The van der Waals surface area contributed by atoms with Gasteiger partial charge >= 0.3 is 0 Å². The van der Waals surface area contributed by atoms with E-state index >= 15 is 0 Å². The van der Waals surface area contributed by atoms with Crippen LogP contribution in [0.25, 0.3) is 0 Å². The third-order valence-electron chi connectivity index (χ3n) is 3.00. The van der Waals surface area contributed by atoms with Gasteiger partial charge in [-0.3, -0.25) is 0 Å². The smallest absolute Gasteiger partial charge is 0.245 e. The summed E-state index contributed by atoms with van der Waals surface area (Å²) in [5.74, 6) is 0. The Morgan fingerprint density at radius 3 is 2.38 bits per heavy atom. The molecule has 0 atom stereocenters. The van der Waals surface area contributed by atoms with Crippen LogP contribution in [0, 0.1) is 0 Å². The van der Waals surface area contributed by atoms with Crippen LogP contribution in [0.4, 0.5) is 5.69 Å². The van der Waals surface area contributed by atoms with E-state index in [0.29, 0.717) is 10.0 Å². The van der Waals surface area contributed by atoms with Crippen LogP contribution in [-0.4, -0.2) is 19.8 Å². The van der Waals surface area contributed by atoms with E-state index in [0.717, 1.165) is 5.56 Å². The summed E-state index contributed by atoms with van der Waals surface area (Å²) in [6.07, 6.45) is 0. The molecule has 0 aliphatic carbocycles. The SMILES string of the molecule is CN(Cc1ccc(Cl)c(Cl)c1)S(=O)(=O)c1ccccc1N. The minimum Gasteiger partial charge on any atom is -0.398 e. The van der Waals surface area contributed by atoms with Gasteiger partial charge < -0.3 is 5.73 Å². The number of rotatable bonds is 4. The van der Waals surface area contributed by atoms with Crippen molar-refractivity contribution in [1.29, 1.82) is 0 Å². The van der Waals surface area contributed by atoms with Gasteiger partial charge in [0.1, 0.15) is 4.90 Å². The Hall–Kier alpha value is -1.27. The van der Waals surface area contributed by atoms with E-state index in [1.807, 2.05) is 0 Å². The van der Waals surface area contributed by atoms with Gasteiger partial charge in [0, 0.05) is 13.6 Å². The molecule has 0 aromatic heterocycles. The lowest BCUT2D eigenvalue weighted by atomic mass is 10.2. The van der Waals surface area contributed by atoms with E-state index in [1.165, 1.54) is 17.4 Å². The summed E-state index contributed by atoms with van der Waals surface area (Å²) in [6, 6.07) is 11.4. The lowest BCUT2D eigenvalue weighted by molar-refractivity contribution is 0.467. The maximum absolute atomic E-state index is 12.5. The number of para-hydroxylation sites is 1. The molecule has 21 heavy (non-hydrogen) atoms. The van der Waals surface area contributed by atoms with Gasteiger partial charge in [-0.15, -0.1) is 0 Å². The zero-order chi connectivity index (χ0) is 15.6. The van der Waals surface area contributed by atoms with Gasteiger partial charge in [0.05, 0.1) is 15.7 Å². The first-order valence-corrected chi connectivity index (χ1v) is 8.27. The lowest BCUT2D eigenvalue weighted by Crippen LogP contribution is -2.27. The van der Waals surface area contributed by atoms with Crippen LogP contribution in [-0.2, 0) is 16.6 Å². The molecule has 112 valence electrons. The maximum Gasteiger partial charge on any atom is 0.245 e. The van der Waals surface area contributed by atoms with Crippen molar-refractivity contribution in [3.63, 3.8) is 0 Å². The molecule has 2 N–H and O–H groups in total. The molecule has 0 saturated carbocycles. The number of sulfonamides is 1. The van der Waals surface area contributed by atoms with Gasteiger partial charge in [-0.25, -0.2) is 8.42 Å². The largest absolute Gasteiger partial charge is 0.398 e. The monoisotopic (exact) mass is 344 g/mol. The van der Waals surface area contributed by atoms with Crippen LogP contribution >= 0.6 is 23.2 Å². The first-order valence-electron chi connectivity index (χ1n) is 6.07. The molecule has 0 saturated heterocycles. The molecular weight excluding hydrogens is 331 g/mol. The molecule has 7 heteroatoms. The molecule has 0 radical (unpaired) electrons. The third-order valence-corrected chi connectivity index (χ3v) is 5.61. The van der Waals surface area contributed by atoms with E-state index in [4.69, 9.17) is 28.9 Å². The molecule has 0 fully saturated rings. The zero-order valence-electron chi connectivity index (χ0n) is 11.3. The molecule has 2 aromatic carbocycles. The molecule has 0 spiro atoms. The topological polar surface area (TPSA) is 63.4 Å². The highest BCUT2D eigenvalue weighted by Gasteiger charge is 2.23. The van der Waals surface area contributed by atoms with Crippen molar-refractivity contribution < 1.29 is 8.42 Å². The summed E-state index contributed by atoms with van der Waals surface area (Å²) >= 11 is 11.8. The quantitative estimate of drug-likeness (QED) is 0.864. The minimum absolute atomic E-state index is 0.0903. The molecule has 0 aliphatic rings. The summed E-state index contributed by atoms with van der Waals surface area (Å²) in [7, 11) is -2.17. The van der Waals surface area contributed by atoms with Crippen molar-refractivity contribution in [3.8, 4) is 0 Å². The minimum atomic E-state index is -3.66. The van der Waals surface area contributed by atoms with E-state index in [2.05, 4.69) is 0 Å². The molecule has 4 nitrogen and oxygen atoms in total. The predicted octanol–water partition coefficient (Wildman–Crippen LogP) is 3.40. The summed E-state index contributed by atoms with van der Waals surface area (Å²) < 4.78 is 26.2. The van der Waals surface area contributed by atoms with Crippen LogP contribution in [0.1, 0.15) is 5.56 Å². The molecule has 0 amide bonds. The number of anilines is 1. The molecule has 0 aliphatic heterocycles. The fourth-order valence-electron chi connectivity index (χ4n) is 1.86. The van der Waals surface area contributed by atoms with Gasteiger partial charge in [-0.2, -0.15) is 4.31 Å². The van der Waals surface area contributed by atoms with Crippen LogP contribution in [0.5, 0.6) is 0 Å². The van der Waals surface area contributed by atoms with Crippen LogP contribution in [0.15, 0.2) is 47.4 Å². The maximum atomic E-state index is 12.5. The fourth-order valence-corrected chi connectivity index (χ4v) is 3.46. The van der Waals surface area contributed by atoms with E-state index in [-0.39, 0.29) is 17.1 Å². The third kappa shape index (κ3) is 3.49. The second-order valence-electron chi connectivity index (χ2n) is 4.55. The Morgan fingerprint density at radius 1 is 1.10 bits per heavy atom. The summed E-state index contributed by atoms with van der Waals surface area (Å²) in [5, 5.41) is 0.817. The van der Waals surface area contributed by atoms with E-state index in [9.17, 15) is 8.42 Å². The predicted molar refractivity (Wildman–Crippen MR) is 86.0 cm³/mol. The number of benzene rings is 2. The number of hydrogen-bond acceptors (Lipinski definition) is 3. The van der Waals surface area contributed by atoms with Crippen molar-refractivity contribution in [2.24, 2.45) is 0 Å². The Labute approximate surface area is 134 Å².